The summed E-state index contributed by atoms with van der Waals surface area (Å²) < 4.78 is 29.2. The minimum Gasteiger partial charge on any atom is -0.314 e. The molecule has 124 valence electrons. The van der Waals surface area contributed by atoms with Gasteiger partial charge in [0.25, 0.3) is 5.56 Å². The Kier molecular flexibility index (Phi) is 6.15. The van der Waals surface area contributed by atoms with Gasteiger partial charge in [-0.15, -0.1) is 0 Å². The molecule has 1 aromatic carbocycles. The van der Waals surface area contributed by atoms with Crippen molar-refractivity contribution in [1.82, 2.24) is 9.29 Å². The first-order chi connectivity index (χ1) is 10.9. The molecular weight excluding hydrogens is 380 g/mol. The van der Waals surface area contributed by atoms with Gasteiger partial charge >= 0.3 is 0 Å². The van der Waals surface area contributed by atoms with E-state index in [2.05, 4.69) is 20.7 Å². The molecule has 5 nitrogen and oxygen atoms in total. The average molecular weight is 399 g/mol. The van der Waals surface area contributed by atoms with Crippen LogP contribution < -0.4 is 10.3 Å². The third-order valence-corrected chi connectivity index (χ3v) is 5.34. The standard InChI is InChI=1S/C16H19BrN2O3S/c1-13-4-7-15(8-5-13)23(21,22)18-10-2-3-11-19-12-14(17)6-9-16(19)20/h4-9,12,18H,2-3,10-11H2,1H3. The van der Waals surface area contributed by atoms with Crippen molar-refractivity contribution in [2.45, 2.75) is 31.2 Å². The number of rotatable bonds is 7. The van der Waals surface area contributed by atoms with Crippen molar-refractivity contribution in [2.24, 2.45) is 0 Å². The first kappa shape index (κ1) is 17.9. The first-order valence-corrected chi connectivity index (χ1v) is 9.58. The number of hydrogen-bond acceptors (Lipinski definition) is 3. The summed E-state index contributed by atoms with van der Waals surface area (Å²) in [7, 11) is -3.46. The van der Waals surface area contributed by atoms with E-state index >= 15 is 0 Å². The van der Waals surface area contributed by atoms with Gasteiger partial charge in [0.1, 0.15) is 0 Å². The lowest BCUT2D eigenvalue weighted by Crippen LogP contribution is -2.25. The molecule has 0 radical (unpaired) electrons. The fraction of sp³-hybridized carbons (Fsp3) is 0.312. The molecule has 7 heteroatoms. The van der Waals surface area contributed by atoms with Crippen molar-refractivity contribution in [1.29, 1.82) is 0 Å². The van der Waals surface area contributed by atoms with E-state index in [4.69, 9.17) is 0 Å². The van der Waals surface area contributed by atoms with Crippen LogP contribution in [0, 0.1) is 6.92 Å². The van der Waals surface area contributed by atoms with Crippen molar-refractivity contribution in [3.05, 3.63) is 63.0 Å². The average Bonchev–Trinajstić information content (AvgIpc) is 2.50. The Morgan fingerprint density at radius 2 is 1.78 bits per heavy atom. The minimum atomic E-state index is -3.46. The van der Waals surface area contributed by atoms with E-state index in [0.717, 1.165) is 10.0 Å². The van der Waals surface area contributed by atoms with Gasteiger partial charge in [0.2, 0.25) is 10.0 Å². The van der Waals surface area contributed by atoms with E-state index in [1.807, 2.05) is 6.92 Å². The van der Waals surface area contributed by atoms with Crippen molar-refractivity contribution in [2.75, 3.05) is 6.54 Å². The van der Waals surface area contributed by atoms with Gasteiger partial charge in [-0.2, -0.15) is 0 Å². The number of unbranched alkanes of at least 4 members (excludes halogenated alkanes) is 1. The van der Waals surface area contributed by atoms with Gasteiger partial charge in [-0.1, -0.05) is 17.7 Å². The molecule has 23 heavy (non-hydrogen) atoms. The van der Waals surface area contributed by atoms with Crippen molar-refractivity contribution in [3.8, 4) is 0 Å². The topological polar surface area (TPSA) is 68.2 Å². The lowest BCUT2D eigenvalue weighted by atomic mass is 10.2. The highest BCUT2D eigenvalue weighted by atomic mass is 79.9. The Balaban J connectivity index is 1.82. The van der Waals surface area contributed by atoms with Crippen molar-refractivity contribution < 1.29 is 8.42 Å². The molecule has 1 heterocycles. The normalized spacial score (nSPS) is 11.6. The molecule has 0 fully saturated rings. The Labute approximate surface area is 144 Å². The molecular formula is C16H19BrN2O3S. The van der Waals surface area contributed by atoms with Gasteiger partial charge in [0, 0.05) is 29.8 Å². The number of aryl methyl sites for hydroxylation is 2. The maximum atomic E-state index is 12.1. The van der Waals surface area contributed by atoms with Gasteiger partial charge in [0.05, 0.1) is 4.90 Å². The Bertz CT molecular complexity index is 814. The lowest BCUT2D eigenvalue weighted by Gasteiger charge is -2.08. The van der Waals surface area contributed by atoms with Crippen LogP contribution in [0.25, 0.3) is 0 Å². The molecule has 0 aliphatic heterocycles. The van der Waals surface area contributed by atoms with Crippen LogP contribution in [0.15, 0.2) is 56.8 Å². The van der Waals surface area contributed by atoms with E-state index in [1.165, 1.54) is 6.07 Å². The Hall–Kier alpha value is -1.44. The van der Waals surface area contributed by atoms with Crippen LogP contribution >= 0.6 is 15.9 Å². The van der Waals surface area contributed by atoms with Crippen LogP contribution in [0.2, 0.25) is 0 Å². The highest BCUT2D eigenvalue weighted by molar-refractivity contribution is 9.10. The summed E-state index contributed by atoms with van der Waals surface area (Å²) in [5.41, 5.74) is 0.955. The van der Waals surface area contributed by atoms with E-state index in [1.54, 1.807) is 41.1 Å². The molecule has 2 rings (SSSR count). The fourth-order valence-corrected chi connectivity index (χ4v) is 3.54. The molecule has 0 atom stereocenters. The second-order valence-electron chi connectivity index (χ2n) is 5.30. The smallest absolute Gasteiger partial charge is 0.250 e. The summed E-state index contributed by atoms with van der Waals surface area (Å²) in [6, 6.07) is 9.94. The number of halogens is 1. The maximum absolute atomic E-state index is 12.1. The largest absolute Gasteiger partial charge is 0.314 e. The zero-order valence-corrected chi connectivity index (χ0v) is 15.2. The fourth-order valence-electron chi connectivity index (χ4n) is 2.09. The molecule has 1 aromatic heterocycles. The number of sulfonamides is 1. The second-order valence-corrected chi connectivity index (χ2v) is 7.98. The predicted molar refractivity (Wildman–Crippen MR) is 94.0 cm³/mol. The first-order valence-electron chi connectivity index (χ1n) is 7.31. The molecule has 1 N–H and O–H groups in total. The van der Waals surface area contributed by atoms with Gasteiger partial charge < -0.3 is 4.57 Å². The SMILES string of the molecule is Cc1ccc(S(=O)(=O)NCCCCn2cc(Br)ccc2=O)cc1. The van der Waals surface area contributed by atoms with Crippen LogP contribution in [0.1, 0.15) is 18.4 Å². The number of aromatic nitrogens is 1. The molecule has 0 saturated carbocycles. The summed E-state index contributed by atoms with van der Waals surface area (Å²) in [6.45, 7) is 2.82. The van der Waals surface area contributed by atoms with Crippen LogP contribution in [-0.2, 0) is 16.6 Å². The van der Waals surface area contributed by atoms with Gasteiger partial charge in [-0.05, 0) is 53.9 Å². The van der Waals surface area contributed by atoms with E-state index in [-0.39, 0.29) is 10.5 Å². The summed E-state index contributed by atoms with van der Waals surface area (Å²) in [4.78, 5) is 11.9. The number of nitrogens with one attached hydrogen (secondary N) is 1. The molecule has 2 aromatic rings. The van der Waals surface area contributed by atoms with Gasteiger partial charge in [-0.3, -0.25) is 4.79 Å². The summed E-state index contributed by atoms with van der Waals surface area (Å²) >= 11 is 3.32. The molecule has 0 spiro atoms. The van der Waals surface area contributed by atoms with E-state index in [0.29, 0.717) is 25.9 Å². The molecule has 0 amide bonds. The molecule has 0 bridgehead atoms. The third-order valence-electron chi connectivity index (χ3n) is 3.40. The number of nitrogens with zero attached hydrogens (tertiary/aromatic N) is 1. The van der Waals surface area contributed by atoms with E-state index < -0.39 is 10.0 Å². The molecule has 0 unspecified atom stereocenters. The molecule has 0 saturated heterocycles. The monoisotopic (exact) mass is 398 g/mol. The van der Waals surface area contributed by atoms with Crippen LogP contribution in [0.4, 0.5) is 0 Å². The maximum Gasteiger partial charge on any atom is 0.250 e. The Morgan fingerprint density at radius 3 is 2.48 bits per heavy atom. The highest BCUT2D eigenvalue weighted by Gasteiger charge is 2.12. The number of pyridine rings is 1. The van der Waals surface area contributed by atoms with Crippen LogP contribution in [-0.4, -0.2) is 19.5 Å². The van der Waals surface area contributed by atoms with Gasteiger partial charge in [-0.25, -0.2) is 13.1 Å². The second kappa shape index (κ2) is 7.90. The summed E-state index contributed by atoms with van der Waals surface area (Å²) in [6.07, 6.45) is 3.11. The molecule has 0 aliphatic rings. The summed E-state index contributed by atoms with van der Waals surface area (Å²) in [5.74, 6) is 0. The lowest BCUT2D eigenvalue weighted by molar-refractivity contribution is 0.561. The number of benzene rings is 1. The van der Waals surface area contributed by atoms with E-state index in [9.17, 15) is 13.2 Å². The van der Waals surface area contributed by atoms with Crippen molar-refractivity contribution >= 4 is 26.0 Å². The van der Waals surface area contributed by atoms with Crippen molar-refractivity contribution in [3.63, 3.8) is 0 Å². The predicted octanol–water partition coefficient (Wildman–Crippen LogP) is 2.68. The zero-order chi connectivity index (χ0) is 16.9. The molecule has 0 aliphatic carbocycles. The third kappa shape index (κ3) is 5.30. The quantitative estimate of drug-likeness (QED) is 0.728. The van der Waals surface area contributed by atoms with Gasteiger partial charge in [0.15, 0.2) is 0 Å². The number of hydrogen-bond donors (Lipinski definition) is 1. The minimum absolute atomic E-state index is 0.0616. The van der Waals surface area contributed by atoms with Crippen LogP contribution in [0.3, 0.4) is 0 Å². The highest BCUT2D eigenvalue weighted by Crippen LogP contribution is 2.10. The Morgan fingerprint density at radius 1 is 1.09 bits per heavy atom. The van der Waals surface area contributed by atoms with Crippen LogP contribution in [0.5, 0.6) is 0 Å². The zero-order valence-electron chi connectivity index (χ0n) is 12.8. The summed E-state index contributed by atoms with van der Waals surface area (Å²) in [5, 5.41) is 0.